The van der Waals surface area contributed by atoms with Crippen LogP contribution in [0.3, 0.4) is 0 Å². The van der Waals surface area contributed by atoms with Crippen LogP contribution < -0.4 is 10.9 Å². The van der Waals surface area contributed by atoms with Gasteiger partial charge in [-0.25, -0.2) is 8.78 Å². The predicted molar refractivity (Wildman–Crippen MR) is 84.6 cm³/mol. The molecule has 0 radical (unpaired) electrons. The third kappa shape index (κ3) is 3.84. The lowest BCUT2D eigenvalue weighted by Gasteiger charge is -2.11. The van der Waals surface area contributed by atoms with E-state index in [1.807, 2.05) is 6.07 Å². The fourth-order valence-corrected chi connectivity index (χ4v) is 2.51. The fourth-order valence-electron chi connectivity index (χ4n) is 2.51. The van der Waals surface area contributed by atoms with Crippen LogP contribution in [-0.4, -0.2) is 10.9 Å². The number of carbonyl (C=O) groups excluding carboxylic acids is 1. The van der Waals surface area contributed by atoms with Crippen molar-refractivity contribution in [3.63, 3.8) is 0 Å². The Labute approximate surface area is 136 Å². The summed E-state index contributed by atoms with van der Waals surface area (Å²) in [7, 11) is 0. The van der Waals surface area contributed by atoms with E-state index >= 15 is 0 Å². The van der Waals surface area contributed by atoms with Gasteiger partial charge in [-0.05, 0) is 43.5 Å². The molecule has 2 aromatic rings. The standard InChI is InChI=1S/C17H15F2N3O2/c1-9-14(10(2)21-17(24)15(9)8-20)3-4-16(23)22-13-6-11(18)5-12(19)7-13/h5-7H,3-4H2,1-2H3,(H,21,24)(H,22,23). The van der Waals surface area contributed by atoms with E-state index < -0.39 is 23.1 Å². The summed E-state index contributed by atoms with van der Waals surface area (Å²) in [5, 5.41) is 11.4. The number of aryl methyl sites for hydroxylation is 1. The first kappa shape index (κ1) is 17.3. The summed E-state index contributed by atoms with van der Waals surface area (Å²) in [5.74, 6) is -1.99. The molecule has 0 saturated carbocycles. The largest absolute Gasteiger partial charge is 0.326 e. The van der Waals surface area contributed by atoms with E-state index in [1.165, 1.54) is 0 Å². The van der Waals surface area contributed by atoms with Crippen molar-refractivity contribution in [1.29, 1.82) is 5.26 Å². The Hall–Kier alpha value is -3.01. The molecule has 0 unspecified atom stereocenters. The molecule has 1 amide bonds. The predicted octanol–water partition coefficient (Wildman–Crippen LogP) is 2.71. The van der Waals surface area contributed by atoms with Gasteiger partial charge in [-0.15, -0.1) is 0 Å². The first-order valence-corrected chi connectivity index (χ1v) is 7.20. The first-order valence-electron chi connectivity index (χ1n) is 7.20. The second-order valence-electron chi connectivity index (χ2n) is 5.38. The lowest BCUT2D eigenvalue weighted by molar-refractivity contribution is -0.116. The molecule has 2 rings (SSSR count). The Balaban J connectivity index is 2.12. The molecule has 0 saturated heterocycles. The zero-order chi connectivity index (χ0) is 17.9. The molecule has 0 aliphatic carbocycles. The minimum atomic E-state index is -0.781. The highest BCUT2D eigenvalue weighted by Crippen LogP contribution is 2.17. The lowest BCUT2D eigenvalue weighted by atomic mass is 9.99. The number of halogens is 2. The molecule has 0 aliphatic rings. The van der Waals surface area contributed by atoms with Crippen LogP contribution in [0.5, 0.6) is 0 Å². The number of aromatic nitrogens is 1. The minimum Gasteiger partial charge on any atom is -0.326 e. The Bertz CT molecular complexity index is 878. The van der Waals surface area contributed by atoms with Crippen molar-refractivity contribution in [2.75, 3.05) is 5.32 Å². The van der Waals surface area contributed by atoms with Crippen molar-refractivity contribution < 1.29 is 13.6 Å². The van der Waals surface area contributed by atoms with Crippen molar-refractivity contribution in [1.82, 2.24) is 4.98 Å². The molecule has 2 N–H and O–H groups in total. The highest BCUT2D eigenvalue weighted by molar-refractivity contribution is 5.90. The Kier molecular flexibility index (Phi) is 5.09. The van der Waals surface area contributed by atoms with E-state index in [9.17, 15) is 18.4 Å². The van der Waals surface area contributed by atoms with Gasteiger partial charge in [-0.1, -0.05) is 0 Å². The van der Waals surface area contributed by atoms with E-state index in [2.05, 4.69) is 10.3 Å². The second kappa shape index (κ2) is 7.04. The third-order valence-corrected chi connectivity index (χ3v) is 3.67. The van der Waals surface area contributed by atoms with Crippen molar-refractivity contribution in [3.05, 3.63) is 62.6 Å². The van der Waals surface area contributed by atoms with Gasteiger partial charge >= 0.3 is 0 Å². The van der Waals surface area contributed by atoms with E-state index in [0.717, 1.165) is 12.1 Å². The molecule has 5 nitrogen and oxygen atoms in total. The normalized spacial score (nSPS) is 10.3. The number of nitrogens with one attached hydrogen (secondary N) is 2. The van der Waals surface area contributed by atoms with Gasteiger partial charge in [0.05, 0.1) is 0 Å². The zero-order valence-corrected chi connectivity index (χ0v) is 13.2. The molecular weight excluding hydrogens is 316 g/mol. The average Bonchev–Trinajstić information content (AvgIpc) is 2.45. The number of hydrogen-bond donors (Lipinski definition) is 2. The number of H-pyrrole nitrogens is 1. The number of amides is 1. The van der Waals surface area contributed by atoms with Gasteiger partial charge in [0.15, 0.2) is 0 Å². The second-order valence-corrected chi connectivity index (χ2v) is 5.38. The topological polar surface area (TPSA) is 85.8 Å². The molecular formula is C17H15F2N3O2. The molecule has 0 fully saturated rings. The molecule has 0 spiro atoms. The smallest absolute Gasteiger partial charge is 0.266 e. The van der Waals surface area contributed by atoms with Crippen molar-refractivity contribution in [2.45, 2.75) is 26.7 Å². The SMILES string of the molecule is Cc1[nH]c(=O)c(C#N)c(C)c1CCC(=O)Nc1cc(F)cc(F)c1. The van der Waals surface area contributed by atoms with E-state index in [0.29, 0.717) is 22.9 Å². The molecule has 24 heavy (non-hydrogen) atoms. The maximum absolute atomic E-state index is 13.1. The number of nitrogens with zero attached hydrogens (tertiary/aromatic N) is 1. The van der Waals surface area contributed by atoms with Crippen LogP contribution in [-0.2, 0) is 11.2 Å². The quantitative estimate of drug-likeness (QED) is 0.903. The number of carbonyl (C=O) groups is 1. The summed E-state index contributed by atoms with van der Waals surface area (Å²) in [5.41, 5.74) is 1.40. The third-order valence-electron chi connectivity index (χ3n) is 3.67. The van der Waals surface area contributed by atoms with Gasteiger partial charge in [0.1, 0.15) is 23.3 Å². The van der Waals surface area contributed by atoms with Crippen molar-refractivity contribution in [3.8, 4) is 6.07 Å². The summed E-state index contributed by atoms with van der Waals surface area (Å²) in [4.78, 5) is 26.2. The summed E-state index contributed by atoms with van der Waals surface area (Å²) in [6, 6.07) is 4.60. The molecule has 0 aliphatic heterocycles. The van der Waals surface area contributed by atoms with Crippen LogP contribution in [0.25, 0.3) is 0 Å². The Morgan fingerprint density at radius 2 is 1.88 bits per heavy atom. The maximum Gasteiger partial charge on any atom is 0.266 e. The molecule has 0 bridgehead atoms. The number of aromatic amines is 1. The van der Waals surface area contributed by atoms with Gasteiger partial charge < -0.3 is 10.3 Å². The number of nitriles is 1. The number of benzene rings is 1. The number of pyridine rings is 1. The summed E-state index contributed by atoms with van der Waals surface area (Å²) in [6.45, 7) is 3.33. The first-order chi connectivity index (χ1) is 11.3. The zero-order valence-electron chi connectivity index (χ0n) is 13.2. The summed E-state index contributed by atoms with van der Waals surface area (Å²) in [6.07, 6.45) is 0.323. The molecule has 1 aromatic heterocycles. The van der Waals surface area contributed by atoms with E-state index in [1.54, 1.807) is 13.8 Å². The lowest BCUT2D eigenvalue weighted by Crippen LogP contribution is -2.18. The van der Waals surface area contributed by atoms with Crippen LogP contribution >= 0.6 is 0 Å². The van der Waals surface area contributed by atoms with Crippen LogP contribution in [0.15, 0.2) is 23.0 Å². The van der Waals surface area contributed by atoms with Gasteiger partial charge in [-0.2, -0.15) is 5.26 Å². The summed E-state index contributed by atoms with van der Waals surface area (Å²) < 4.78 is 26.2. The van der Waals surface area contributed by atoms with Crippen molar-refractivity contribution >= 4 is 11.6 Å². The minimum absolute atomic E-state index is 0.0169. The summed E-state index contributed by atoms with van der Waals surface area (Å²) >= 11 is 0. The van der Waals surface area contributed by atoms with Gasteiger partial charge in [0.25, 0.3) is 5.56 Å². The molecule has 1 heterocycles. The molecule has 7 heteroatoms. The van der Waals surface area contributed by atoms with Crippen LogP contribution in [0.1, 0.15) is 28.8 Å². The van der Waals surface area contributed by atoms with Gasteiger partial charge in [0.2, 0.25) is 5.91 Å². The van der Waals surface area contributed by atoms with Crippen LogP contribution in [0.4, 0.5) is 14.5 Å². The Morgan fingerprint density at radius 1 is 1.25 bits per heavy atom. The maximum atomic E-state index is 13.1. The number of rotatable bonds is 4. The van der Waals surface area contributed by atoms with E-state index in [-0.39, 0.29) is 24.1 Å². The molecule has 124 valence electrons. The molecule has 1 aromatic carbocycles. The van der Waals surface area contributed by atoms with E-state index in [4.69, 9.17) is 5.26 Å². The Morgan fingerprint density at radius 3 is 2.46 bits per heavy atom. The van der Waals surface area contributed by atoms with Crippen LogP contribution in [0.2, 0.25) is 0 Å². The van der Waals surface area contributed by atoms with Crippen molar-refractivity contribution in [2.24, 2.45) is 0 Å². The number of hydrogen-bond acceptors (Lipinski definition) is 3. The highest BCUT2D eigenvalue weighted by Gasteiger charge is 2.13. The molecule has 0 atom stereocenters. The fraction of sp³-hybridized carbons (Fsp3) is 0.235. The average molecular weight is 331 g/mol. The van der Waals surface area contributed by atoms with Gasteiger partial charge in [-0.3, -0.25) is 9.59 Å². The monoisotopic (exact) mass is 331 g/mol. The van der Waals surface area contributed by atoms with Crippen LogP contribution in [0, 0.1) is 36.8 Å². The highest BCUT2D eigenvalue weighted by atomic mass is 19.1. The number of anilines is 1. The van der Waals surface area contributed by atoms with Gasteiger partial charge in [0, 0.05) is 23.9 Å².